The number of benzene rings is 1. The summed E-state index contributed by atoms with van der Waals surface area (Å²) in [4.78, 5) is 20.2. The molecule has 0 atom stereocenters. The van der Waals surface area contributed by atoms with Crippen molar-refractivity contribution < 1.29 is 4.79 Å². The molecule has 0 spiro atoms. The molecule has 1 amide bonds. The summed E-state index contributed by atoms with van der Waals surface area (Å²) in [7, 11) is 0. The van der Waals surface area contributed by atoms with Crippen LogP contribution in [0.4, 0.5) is 0 Å². The monoisotopic (exact) mass is 319 g/mol. The van der Waals surface area contributed by atoms with E-state index in [9.17, 15) is 4.79 Å². The third kappa shape index (κ3) is 3.60. The van der Waals surface area contributed by atoms with Crippen LogP contribution in [0.2, 0.25) is 0 Å². The Morgan fingerprint density at radius 1 is 0.917 bits per heavy atom. The van der Waals surface area contributed by atoms with Crippen LogP contribution in [0.1, 0.15) is 24.2 Å². The molecular weight excluding hydrogens is 302 g/mol. The van der Waals surface area contributed by atoms with Gasteiger partial charge in [-0.3, -0.25) is 4.79 Å². The van der Waals surface area contributed by atoms with Crippen LogP contribution in [-0.4, -0.2) is 32.1 Å². The summed E-state index contributed by atoms with van der Waals surface area (Å²) in [5.74, 6) is 0.455. The first-order valence-corrected chi connectivity index (χ1v) is 7.66. The van der Waals surface area contributed by atoms with E-state index >= 15 is 0 Å². The van der Waals surface area contributed by atoms with Crippen LogP contribution in [0, 0.1) is 0 Å². The molecule has 2 heterocycles. The fourth-order valence-electron chi connectivity index (χ4n) is 2.17. The van der Waals surface area contributed by atoms with Gasteiger partial charge in [-0.1, -0.05) is 12.1 Å². The maximum Gasteiger partial charge on any atom is 0.251 e. The van der Waals surface area contributed by atoms with E-state index in [0.717, 1.165) is 11.3 Å². The Labute approximate surface area is 140 Å². The van der Waals surface area contributed by atoms with E-state index in [1.807, 2.05) is 38.1 Å². The molecule has 1 aromatic carbocycles. The zero-order valence-electron chi connectivity index (χ0n) is 13.5. The molecule has 0 radical (unpaired) electrons. The molecule has 0 fully saturated rings. The van der Waals surface area contributed by atoms with E-state index in [2.05, 4.69) is 25.5 Å². The van der Waals surface area contributed by atoms with E-state index in [0.29, 0.717) is 17.1 Å². The van der Waals surface area contributed by atoms with Gasteiger partial charge in [0.15, 0.2) is 5.82 Å². The first kappa shape index (κ1) is 15.7. The minimum absolute atomic E-state index is 0.0841. The Morgan fingerprint density at radius 2 is 1.54 bits per heavy atom. The smallest absolute Gasteiger partial charge is 0.251 e. The van der Waals surface area contributed by atoms with Gasteiger partial charge in [0.2, 0.25) is 0 Å². The summed E-state index contributed by atoms with van der Waals surface area (Å²) in [5.41, 5.74) is 2.86. The lowest BCUT2D eigenvalue weighted by atomic mass is 10.1. The molecule has 0 saturated heterocycles. The molecule has 2 aromatic heterocycles. The second kappa shape index (κ2) is 6.95. The molecule has 0 bridgehead atoms. The second-order valence-corrected chi connectivity index (χ2v) is 5.58. The maximum absolute atomic E-state index is 12.0. The minimum atomic E-state index is -0.0841. The Morgan fingerprint density at radius 3 is 2.12 bits per heavy atom. The van der Waals surface area contributed by atoms with Gasteiger partial charge in [-0.2, -0.15) is 0 Å². The molecule has 0 saturated carbocycles. The number of nitrogens with zero attached hydrogens (tertiary/aromatic N) is 4. The van der Waals surface area contributed by atoms with Crippen molar-refractivity contribution in [1.29, 1.82) is 0 Å². The minimum Gasteiger partial charge on any atom is -0.350 e. The van der Waals surface area contributed by atoms with Gasteiger partial charge in [-0.15, -0.1) is 10.2 Å². The fraction of sp³-hybridized carbons (Fsp3) is 0.167. The number of nitrogens with one attached hydrogen (secondary N) is 1. The van der Waals surface area contributed by atoms with Crippen molar-refractivity contribution in [2.45, 2.75) is 19.9 Å². The molecule has 1 N–H and O–H groups in total. The van der Waals surface area contributed by atoms with Crippen molar-refractivity contribution in [1.82, 2.24) is 25.5 Å². The summed E-state index contributed by atoms with van der Waals surface area (Å²) in [6.07, 6.45) is 3.33. The molecule has 24 heavy (non-hydrogen) atoms. The molecule has 0 unspecified atom stereocenters. The molecular formula is C18H17N5O. The Balaban J connectivity index is 1.78. The quantitative estimate of drug-likeness (QED) is 0.799. The highest BCUT2D eigenvalue weighted by atomic mass is 16.1. The summed E-state index contributed by atoms with van der Waals surface area (Å²) in [6, 6.07) is 12.8. The normalized spacial score (nSPS) is 10.6. The lowest BCUT2D eigenvalue weighted by molar-refractivity contribution is 0.0943. The largest absolute Gasteiger partial charge is 0.350 e. The Kier molecular flexibility index (Phi) is 4.56. The molecule has 0 aliphatic heterocycles. The van der Waals surface area contributed by atoms with Crippen LogP contribution in [-0.2, 0) is 0 Å². The maximum atomic E-state index is 12.0. The van der Waals surface area contributed by atoms with Crippen molar-refractivity contribution in [2.75, 3.05) is 0 Å². The van der Waals surface area contributed by atoms with Gasteiger partial charge in [-0.05, 0) is 44.2 Å². The SMILES string of the molecule is CC(C)NC(=O)c1ccc(-c2ccc(-c3ncccn3)nn2)cc1. The summed E-state index contributed by atoms with van der Waals surface area (Å²) < 4.78 is 0. The van der Waals surface area contributed by atoms with Crippen LogP contribution in [0.3, 0.4) is 0 Å². The van der Waals surface area contributed by atoms with Crippen molar-refractivity contribution in [3.63, 3.8) is 0 Å². The van der Waals surface area contributed by atoms with E-state index in [4.69, 9.17) is 0 Å². The number of aromatic nitrogens is 4. The van der Waals surface area contributed by atoms with Crippen LogP contribution in [0.5, 0.6) is 0 Å². The second-order valence-electron chi connectivity index (χ2n) is 5.58. The van der Waals surface area contributed by atoms with Gasteiger partial charge in [0.25, 0.3) is 5.91 Å². The van der Waals surface area contributed by atoms with Gasteiger partial charge in [-0.25, -0.2) is 9.97 Å². The molecule has 6 nitrogen and oxygen atoms in total. The molecule has 3 rings (SSSR count). The van der Waals surface area contributed by atoms with Crippen molar-refractivity contribution >= 4 is 5.91 Å². The van der Waals surface area contributed by atoms with E-state index in [1.54, 1.807) is 30.6 Å². The zero-order chi connectivity index (χ0) is 16.9. The highest BCUT2D eigenvalue weighted by Gasteiger charge is 2.08. The standard InChI is InChI=1S/C18H17N5O/c1-12(2)21-18(24)14-6-4-13(5-7-14)15-8-9-16(23-22-15)17-19-10-3-11-20-17/h3-12H,1-2H3,(H,21,24). The van der Waals surface area contributed by atoms with Gasteiger partial charge < -0.3 is 5.32 Å². The third-order valence-corrected chi connectivity index (χ3v) is 3.32. The zero-order valence-corrected chi connectivity index (χ0v) is 13.5. The molecule has 3 aromatic rings. The van der Waals surface area contributed by atoms with Crippen LogP contribution < -0.4 is 5.32 Å². The number of amides is 1. The van der Waals surface area contributed by atoms with Gasteiger partial charge in [0.05, 0.1) is 5.69 Å². The highest BCUT2D eigenvalue weighted by molar-refractivity contribution is 5.94. The van der Waals surface area contributed by atoms with E-state index < -0.39 is 0 Å². The predicted octanol–water partition coefficient (Wildman–Crippen LogP) is 2.74. The van der Waals surface area contributed by atoms with Crippen molar-refractivity contribution in [3.8, 4) is 22.8 Å². The summed E-state index contributed by atoms with van der Waals surface area (Å²) in [5, 5.41) is 11.2. The first-order chi connectivity index (χ1) is 11.6. The number of hydrogen-bond donors (Lipinski definition) is 1. The molecule has 0 aliphatic rings. The third-order valence-electron chi connectivity index (χ3n) is 3.32. The number of rotatable bonds is 4. The number of carbonyl (C=O) groups excluding carboxylic acids is 1. The van der Waals surface area contributed by atoms with Crippen LogP contribution in [0.25, 0.3) is 22.8 Å². The van der Waals surface area contributed by atoms with Crippen LogP contribution in [0.15, 0.2) is 54.9 Å². The fourth-order valence-corrected chi connectivity index (χ4v) is 2.17. The summed E-state index contributed by atoms with van der Waals surface area (Å²) in [6.45, 7) is 3.86. The Hall–Kier alpha value is -3.15. The predicted molar refractivity (Wildman–Crippen MR) is 91.1 cm³/mol. The van der Waals surface area contributed by atoms with Crippen molar-refractivity contribution in [3.05, 3.63) is 60.4 Å². The van der Waals surface area contributed by atoms with Crippen molar-refractivity contribution in [2.24, 2.45) is 0 Å². The summed E-state index contributed by atoms with van der Waals surface area (Å²) >= 11 is 0. The lowest BCUT2D eigenvalue weighted by Crippen LogP contribution is -2.29. The lowest BCUT2D eigenvalue weighted by Gasteiger charge is -2.08. The Bertz CT molecular complexity index is 814. The number of carbonyl (C=O) groups is 1. The van der Waals surface area contributed by atoms with E-state index in [-0.39, 0.29) is 11.9 Å². The van der Waals surface area contributed by atoms with Gasteiger partial charge >= 0.3 is 0 Å². The van der Waals surface area contributed by atoms with E-state index in [1.165, 1.54) is 0 Å². The highest BCUT2D eigenvalue weighted by Crippen LogP contribution is 2.19. The topological polar surface area (TPSA) is 80.7 Å². The molecule has 120 valence electrons. The number of hydrogen-bond acceptors (Lipinski definition) is 5. The van der Waals surface area contributed by atoms with Gasteiger partial charge in [0, 0.05) is 29.6 Å². The average molecular weight is 319 g/mol. The van der Waals surface area contributed by atoms with Gasteiger partial charge in [0.1, 0.15) is 5.69 Å². The average Bonchev–Trinajstić information content (AvgIpc) is 2.62. The first-order valence-electron chi connectivity index (χ1n) is 7.66. The molecule has 6 heteroatoms. The van der Waals surface area contributed by atoms with Crippen LogP contribution >= 0.6 is 0 Å². The molecule has 0 aliphatic carbocycles.